The van der Waals surface area contributed by atoms with Gasteiger partial charge in [0.25, 0.3) is 5.91 Å². The van der Waals surface area contributed by atoms with E-state index in [-0.39, 0.29) is 17.0 Å². The molecule has 0 spiro atoms. The molecule has 0 saturated heterocycles. The maximum atomic E-state index is 13.6. The predicted molar refractivity (Wildman–Crippen MR) is 139 cm³/mol. The summed E-state index contributed by atoms with van der Waals surface area (Å²) >= 11 is 0. The number of pyridine rings is 1. The molecular formula is C30H27N3O2. The van der Waals surface area contributed by atoms with Crippen LogP contribution in [0.5, 0.6) is 0 Å². The summed E-state index contributed by atoms with van der Waals surface area (Å²) in [5.74, 6) is 0.849. The number of aromatic nitrogens is 2. The molecular weight excluding hydrogens is 434 g/mol. The number of rotatable bonds is 5. The zero-order valence-electron chi connectivity index (χ0n) is 20.1. The molecule has 0 bridgehead atoms. The molecule has 5 heteroatoms. The van der Waals surface area contributed by atoms with Crippen LogP contribution in [0, 0.1) is 0 Å². The van der Waals surface area contributed by atoms with Gasteiger partial charge in [-0.15, -0.1) is 0 Å². The molecule has 0 saturated carbocycles. The Hall–Kier alpha value is -4.25. The number of nitrogens with zero attached hydrogens (tertiary/aromatic N) is 3. The van der Waals surface area contributed by atoms with E-state index in [9.17, 15) is 4.79 Å². The summed E-state index contributed by atoms with van der Waals surface area (Å²) in [7, 11) is 0. The Morgan fingerprint density at radius 3 is 2.31 bits per heavy atom. The lowest BCUT2D eigenvalue weighted by molar-refractivity contribution is 0.0975. The number of anilines is 1. The Kier molecular flexibility index (Phi) is 5.91. The molecule has 3 aromatic carbocycles. The van der Waals surface area contributed by atoms with E-state index in [1.54, 1.807) is 17.2 Å². The Morgan fingerprint density at radius 1 is 0.857 bits per heavy atom. The second-order valence-electron chi connectivity index (χ2n) is 9.66. The first-order chi connectivity index (χ1) is 16.9. The normalized spacial score (nSPS) is 11.5. The zero-order valence-corrected chi connectivity index (χ0v) is 20.1. The highest BCUT2D eigenvalue weighted by Gasteiger charge is 2.23. The van der Waals surface area contributed by atoms with Gasteiger partial charge in [-0.1, -0.05) is 92.7 Å². The molecule has 0 aliphatic rings. The highest BCUT2D eigenvalue weighted by atomic mass is 16.5. The number of fused-ring (bicyclic) bond motifs is 1. The topological polar surface area (TPSA) is 59.2 Å². The first-order valence-electron chi connectivity index (χ1n) is 11.7. The summed E-state index contributed by atoms with van der Waals surface area (Å²) in [4.78, 5) is 19.7. The molecule has 5 rings (SSSR count). The van der Waals surface area contributed by atoms with Gasteiger partial charge in [-0.3, -0.25) is 9.69 Å². The summed E-state index contributed by atoms with van der Waals surface area (Å²) in [5, 5.41) is 6.36. The van der Waals surface area contributed by atoms with E-state index in [1.165, 1.54) is 5.56 Å². The minimum atomic E-state index is -0.264. The minimum Gasteiger partial charge on any atom is -0.355 e. The van der Waals surface area contributed by atoms with Crippen molar-refractivity contribution in [1.82, 2.24) is 10.1 Å². The number of carbonyl (C=O) groups excluding carboxylic acids is 1. The van der Waals surface area contributed by atoms with Crippen molar-refractivity contribution in [3.8, 4) is 11.3 Å². The third-order valence-corrected chi connectivity index (χ3v) is 6.09. The summed E-state index contributed by atoms with van der Waals surface area (Å²) in [5.41, 5.74) is 3.43. The third kappa shape index (κ3) is 4.85. The van der Waals surface area contributed by atoms with Crippen molar-refractivity contribution in [3.63, 3.8) is 0 Å². The smallest absolute Gasteiger partial charge is 0.281 e. The van der Waals surface area contributed by atoms with Gasteiger partial charge in [0.1, 0.15) is 5.82 Å². The van der Waals surface area contributed by atoms with Crippen LogP contribution in [0.15, 0.2) is 102 Å². The monoisotopic (exact) mass is 461 g/mol. The summed E-state index contributed by atoms with van der Waals surface area (Å²) in [6, 6.07) is 29.8. The van der Waals surface area contributed by atoms with Crippen molar-refractivity contribution >= 4 is 22.5 Å². The first kappa shape index (κ1) is 22.5. The predicted octanol–water partition coefficient (Wildman–Crippen LogP) is 7.03. The quantitative estimate of drug-likeness (QED) is 0.282. The fraction of sp³-hybridized carbons (Fsp3) is 0.167. The summed E-state index contributed by atoms with van der Waals surface area (Å²) in [6.45, 7) is 6.93. The van der Waals surface area contributed by atoms with E-state index >= 15 is 0 Å². The highest BCUT2D eigenvalue weighted by molar-refractivity contribution is 6.04. The Balaban J connectivity index is 1.44. The lowest BCUT2D eigenvalue weighted by Crippen LogP contribution is -2.31. The Bertz CT molecular complexity index is 1470. The van der Waals surface area contributed by atoms with Crippen molar-refractivity contribution in [1.29, 1.82) is 0 Å². The summed E-state index contributed by atoms with van der Waals surface area (Å²) in [6.07, 6.45) is 1.68. The number of hydrogen-bond donors (Lipinski definition) is 0. The first-order valence-corrected chi connectivity index (χ1v) is 11.7. The summed E-state index contributed by atoms with van der Waals surface area (Å²) < 4.78 is 5.59. The SMILES string of the molecule is CC(C)(C)c1ccc(CN(C(=O)c2cc(-c3ccc4ccccc4c3)on2)c2ccccn2)cc1. The van der Waals surface area contributed by atoms with E-state index in [1.807, 2.05) is 48.5 Å². The van der Waals surface area contributed by atoms with Crippen molar-refractivity contribution in [2.24, 2.45) is 0 Å². The maximum absolute atomic E-state index is 13.6. The van der Waals surface area contributed by atoms with Gasteiger partial charge < -0.3 is 4.52 Å². The van der Waals surface area contributed by atoms with Crippen molar-refractivity contribution in [2.45, 2.75) is 32.7 Å². The standard InChI is InChI=1S/C30H27N3O2/c1-30(2,3)25-15-11-21(12-16-25)20-33(28-10-6-7-17-31-28)29(34)26-19-27(35-32-26)24-14-13-22-8-4-5-9-23(22)18-24/h4-19H,20H2,1-3H3. The molecule has 5 nitrogen and oxygen atoms in total. The second-order valence-corrected chi connectivity index (χ2v) is 9.66. The van der Waals surface area contributed by atoms with Gasteiger partial charge in [-0.25, -0.2) is 4.98 Å². The molecule has 0 N–H and O–H groups in total. The molecule has 35 heavy (non-hydrogen) atoms. The molecule has 5 aromatic rings. The molecule has 0 fully saturated rings. The molecule has 2 aromatic heterocycles. The third-order valence-electron chi connectivity index (χ3n) is 6.09. The molecule has 0 unspecified atom stereocenters. The van der Waals surface area contributed by atoms with E-state index in [0.29, 0.717) is 18.1 Å². The van der Waals surface area contributed by atoms with Gasteiger partial charge in [-0.05, 0) is 45.5 Å². The van der Waals surface area contributed by atoms with Crippen LogP contribution in [0.4, 0.5) is 5.82 Å². The number of amides is 1. The Labute approximate surface area is 205 Å². The lowest BCUT2D eigenvalue weighted by atomic mass is 9.87. The molecule has 0 radical (unpaired) electrons. The van der Waals surface area contributed by atoms with Crippen LogP contribution in [-0.2, 0) is 12.0 Å². The molecule has 1 amide bonds. The second kappa shape index (κ2) is 9.18. The average molecular weight is 462 g/mol. The van der Waals surface area contributed by atoms with E-state index in [0.717, 1.165) is 21.9 Å². The average Bonchev–Trinajstić information content (AvgIpc) is 3.37. The van der Waals surface area contributed by atoms with E-state index in [4.69, 9.17) is 4.52 Å². The maximum Gasteiger partial charge on any atom is 0.281 e. The van der Waals surface area contributed by atoms with Gasteiger partial charge in [0.15, 0.2) is 11.5 Å². The fourth-order valence-electron chi connectivity index (χ4n) is 4.06. The lowest BCUT2D eigenvalue weighted by Gasteiger charge is -2.22. The number of carbonyl (C=O) groups is 1. The van der Waals surface area contributed by atoms with Gasteiger partial charge in [-0.2, -0.15) is 0 Å². The van der Waals surface area contributed by atoms with Crippen LogP contribution in [0.3, 0.4) is 0 Å². The highest BCUT2D eigenvalue weighted by Crippen LogP contribution is 2.27. The van der Waals surface area contributed by atoms with Gasteiger partial charge in [0, 0.05) is 17.8 Å². The van der Waals surface area contributed by atoms with E-state index in [2.05, 4.69) is 67.3 Å². The largest absolute Gasteiger partial charge is 0.355 e. The van der Waals surface area contributed by atoms with Crippen LogP contribution in [-0.4, -0.2) is 16.0 Å². The molecule has 2 heterocycles. The van der Waals surface area contributed by atoms with Crippen LogP contribution in [0.1, 0.15) is 42.4 Å². The van der Waals surface area contributed by atoms with Crippen molar-refractivity contribution < 1.29 is 9.32 Å². The van der Waals surface area contributed by atoms with E-state index < -0.39 is 0 Å². The van der Waals surface area contributed by atoms with Gasteiger partial charge in [0.2, 0.25) is 0 Å². The molecule has 0 aliphatic heterocycles. The zero-order chi connectivity index (χ0) is 24.4. The molecule has 174 valence electrons. The van der Waals surface area contributed by atoms with Crippen LogP contribution < -0.4 is 4.90 Å². The minimum absolute atomic E-state index is 0.0644. The van der Waals surface area contributed by atoms with Gasteiger partial charge >= 0.3 is 0 Å². The van der Waals surface area contributed by atoms with Crippen molar-refractivity contribution in [2.75, 3.05) is 4.90 Å². The fourth-order valence-corrected chi connectivity index (χ4v) is 4.06. The number of hydrogen-bond acceptors (Lipinski definition) is 4. The molecule has 0 atom stereocenters. The van der Waals surface area contributed by atoms with Crippen molar-refractivity contribution in [3.05, 3.63) is 114 Å². The van der Waals surface area contributed by atoms with Gasteiger partial charge in [0.05, 0.1) is 6.54 Å². The van der Waals surface area contributed by atoms with Crippen LogP contribution >= 0.6 is 0 Å². The Morgan fingerprint density at radius 2 is 1.60 bits per heavy atom. The van der Waals surface area contributed by atoms with Crippen LogP contribution in [0.25, 0.3) is 22.1 Å². The number of benzene rings is 3. The van der Waals surface area contributed by atoms with Crippen LogP contribution in [0.2, 0.25) is 0 Å². The molecule has 0 aliphatic carbocycles.